The molecular formula is C15H21N3O3. The first kappa shape index (κ1) is 15.3. The number of nitro groups is 1. The van der Waals surface area contributed by atoms with Crippen LogP contribution >= 0.6 is 0 Å². The molecule has 1 aliphatic heterocycles. The van der Waals surface area contributed by atoms with Gasteiger partial charge in [-0.2, -0.15) is 0 Å². The third-order valence-electron chi connectivity index (χ3n) is 4.17. The highest BCUT2D eigenvalue weighted by Crippen LogP contribution is 2.25. The van der Waals surface area contributed by atoms with Crippen LogP contribution in [0.25, 0.3) is 0 Å². The summed E-state index contributed by atoms with van der Waals surface area (Å²) in [7, 11) is 0. The molecule has 1 heterocycles. The monoisotopic (exact) mass is 291 g/mol. The lowest BCUT2D eigenvalue weighted by Gasteiger charge is -2.21. The molecule has 1 atom stereocenters. The molecule has 0 aromatic heterocycles. The molecular weight excluding hydrogens is 270 g/mol. The van der Waals surface area contributed by atoms with E-state index in [0.29, 0.717) is 18.9 Å². The summed E-state index contributed by atoms with van der Waals surface area (Å²) in [5, 5.41) is 10.8. The van der Waals surface area contributed by atoms with E-state index in [2.05, 4.69) is 6.92 Å². The van der Waals surface area contributed by atoms with Gasteiger partial charge in [-0.15, -0.1) is 0 Å². The Balaban J connectivity index is 2.08. The number of carbonyl (C=O) groups excluding carboxylic acids is 1. The first-order valence-electron chi connectivity index (χ1n) is 7.31. The molecule has 1 aromatic carbocycles. The predicted octanol–water partition coefficient (Wildman–Crippen LogP) is 2.72. The number of carbonyl (C=O) groups is 1. The molecule has 6 nitrogen and oxygen atoms in total. The minimum Gasteiger partial charge on any atom is -0.393 e. The SMILES string of the molecule is CCC1CCC(=O)N(Cc2ccc([N+](=O)[O-])c(N)c2)CC1. The van der Waals surface area contributed by atoms with Crippen molar-refractivity contribution in [2.24, 2.45) is 5.92 Å². The molecule has 1 saturated heterocycles. The number of nitrogen functional groups attached to an aromatic ring is 1. The van der Waals surface area contributed by atoms with Gasteiger partial charge < -0.3 is 10.6 Å². The molecule has 1 amide bonds. The number of nitro benzene ring substituents is 1. The summed E-state index contributed by atoms with van der Waals surface area (Å²) in [6.07, 6.45) is 3.66. The summed E-state index contributed by atoms with van der Waals surface area (Å²) < 4.78 is 0. The summed E-state index contributed by atoms with van der Waals surface area (Å²) in [5.41, 5.74) is 6.58. The molecule has 1 aromatic rings. The number of nitrogens with zero attached hydrogens (tertiary/aromatic N) is 2. The van der Waals surface area contributed by atoms with Crippen molar-refractivity contribution in [2.45, 2.75) is 39.2 Å². The molecule has 1 aliphatic rings. The van der Waals surface area contributed by atoms with E-state index < -0.39 is 4.92 Å². The van der Waals surface area contributed by atoms with E-state index in [-0.39, 0.29) is 17.3 Å². The van der Waals surface area contributed by atoms with Crippen molar-refractivity contribution in [1.29, 1.82) is 0 Å². The number of nitrogens with two attached hydrogens (primary N) is 1. The summed E-state index contributed by atoms with van der Waals surface area (Å²) >= 11 is 0. The van der Waals surface area contributed by atoms with E-state index in [4.69, 9.17) is 5.73 Å². The lowest BCUT2D eigenvalue weighted by Crippen LogP contribution is -2.29. The summed E-state index contributed by atoms with van der Waals surface area (Å²) in [5.74, 6) is 0.767. The van der Waals surface area contributed by atoms with Gasteiger partial charge in [-0.3, -0.25) is 14.9 Å². The second-order valence-corrected chi connectivity index (χ2v) is 5.57. The minimum absolute atomic E-state index is 0.0908. The van der Waals surface area contributed by atoms with Gasteiger partial charge in [0.1, 0.15) is 5.69 Å². The fourth-order valence-electron chi connectivity index (χ4n) is 2.76. The minimum atomic E-state index is -0.498. The number of amides is 1. The highest BCUT2D eigenvalue weighted by atomic mass is 16.6. The van der Waals surface area contributed by atoms with E-state index in [1.807, 2.05) is 4.90 Å². The molecule has 0 aliphatic carbocycles. The maximum Gasteiger partial charge on any atom is 0.292 e. The van der Waals surface area contributed by atoms with Crippen LogP contribution in [0.2, 0.25) is 0 Å². The second kappa shape index (κ2) is 6.56. The van der Waals surface area contributed by atoms with Crippen LogP contribution in [-0.4, -0.2) is 22.3 Å². The van der Waals surface area contributed by atoms with Crippen LogP contribution in [0.4, 0.5) is 11.4 Å². The largest absolute Gasteiger partial charge is 0.393 e. The number of hydrogen-bond donors (Lipinski definition) is 1. The summed E-state index contributed by atoms with van der Waals surface area (Å²) in [6.45, 7) is 3.37. The molecule has 0 spiro atoms. The highest BCUT2D eigenvalue weighted by molar-refractivity contribution is 5.76. The molecule has 0 saturated carbocycles. The Hall–Kier alpha value is -2.11. The smallest absolute Gasteiger partial charge is 0.292 e. The first-order valence-corrected chi connectivity index (χ1v) is 7.31. The predicted molar refractivity (Wildman–Crippen MR) is 80.6 cm³/mol. The Morgan fingerprint density at radius 2 is 2.19 bits per heavy atom. The van der Waals surface area contributed by atoms with E-state index >= 15 is 0 Å². The number of benzene rings is 1. The molecule has 1 unspecified atom stereocenters. The third-order valence-corrected chi connectivity index (χ3v) is 4.17. The van der Waals surface area contributed by atoms with Crippen molar-refractivity contribution in [1.82, 2.24) is 4.90 Å². The van der Waals surface area contributed by atoms with E-state index in [1.54, 1.807) is 12.1 Å². The molecule has 1 fully saturated rings. The standard InChI is InChI=1S/C15H21N3O3/c1-2-11-4-6-15(19)17(8-7-11)10-12-3-5-14(18(20)21)13(16)9-12/h3,5,9,11H,2,4,6-8,10,16H2,1H3. The van der Waals surface area contributed by atoms with Gasteiger partial charge in [-0.1, -0.05) is 19.4 Å². The quantitative estimate of drug-likeness (QED) is 0.524. The fourth-order valence-corrected chi connectivity index (χ4v) is 2.76. The van der Waals surface area contributed by atoms with Crippen LogP contribution < -0.4 is 5.73 Å². The van der Waals surface area contributed by atoms with Crippen LogP contribution in [-0.2, 0) is 11.3 Å². The van der Waals surface area contributed by atoms with Crippen molar-refractivity contribution in [3.63, 3.8) is 0 Å². The van der Waals surface area contributed by atoms with Gasteiger partial charge in [0.15, 0.2) is 0 Å². The summed E-state index contributed by atoms with van der Waals surface area (Å²) in [4.78, 5) is 24.2. The maximum absolute atomic E-state index is 12.1. The van der Waals surface area contributed by atoms with Gasteiger partial charge >= 0.3 is 0 Å². The van der Waals surface area contributed by atoms with Gasteiger partial charge in [0.2, 0.25) is 5.91 Å². The molecule has 2 N–H and O–H groups in total. The van der Waals surface area contributed by atoms with Crippen LogP contribution in [0, 0.1) is 16.0 Å². The Kier molecular flexibility index (Phi) is 4.77. The first-order chi connectivity index (χ1) is 10.0. The Morgan fingerprint density at radius 1 is 1.43 bits per heavy atom. The van der Waals surface area contributed by atoms with Crippen LogP contribution in [0.15, 0.2) is 18.2 Å². The van der Waals surface area contributed by atoms with Crippen LogP contribution in [0.1, 0.15) is 38.2 Å². The number of rotatable bonds is 4. The molecule has 2 rings (SSSR count). The topological polar surface area (TPSA) is 89.5 Å². The van der Waals surface area contributed by atoms with Crippen molar-refractivity contribution >= 4 is 17.3 Å². The zero-order valence-electron chi connectivity index (χ0n) is 12.2. The average molecular weight is 291 g/mol. The van der Waals surface area contributed by atoms with Gasteiger partial charge in [0, 0.05) is 25.6 Å². The molecule has 0 radical (unpaired) electrons. The third kappa shape index (κ3) is 3.71. The van der Waals surface area contributed by atoms with Gasteiger partial charge in [0.05, 0.1) is 4.92 Å². The normalized spacial score (nSPS) is 19.4. The van der Waals surface area contributed by atoms with Crippen molar-refractivity contribution in [3.05, 3.63) is 33.9 Å². The Morgan fingerprint density at radius 3 is 2.81 bits per heavy atom. The average Bonchev–Trinajstić information content (AvgIpc) is 2.61. The van der Waals surface area contributed by atoms with Crippen LogP contribution in [0.3, 0.4) is 0 Å². The second-order valence-electron chi connectivity index (χ2n) is 5.57. The van der Waals surface area contributed by atoms with Crippen molar-refractivity contribution in [2.75, 3.05) is 12.3 Å². The fraction of sp³-hybridized carbons (Fsp3) is 0.533. The van der Waals surface area contributed by atoms with E-state index in [0.717, 1.165) is 31.4 Å². The maximum atomic E-state index is 12.1. The zero-order chi connectivity index (χ0) is 15.4. The van der Waals surface area contributed by atoms with Gasteiger partial charge in [-0.05, 0) is 30.4 Å². The van der Waals surface area contributed by atoms with Crippen LogP contribution in [0.5, 0.6) is 0 Å². The number of anilines is 1. The van der Waals surface area contributed by atoms with Gasteiger partial charge in [-0.25, -0.2) is 0 Å². The van der Waals surface area contributed by atoms with Crippen molar-refractivity contribution < 1.29 is 9.72 Å². The number of likely N-dealkylation sites (tertiary alicyclic amines) is 1. The van der Waals surface area contributed by atoms with E-state index in [1.165, 1.54) is 6.07 Å². The Labute approximate surface area is 124 Å². The summed E-state index contributed by atoms with van der Waals surface area (Å²) in [6, 6.07) is 4.67. The highest BCUT2D eigenvalue weighted by Gasteiger charge is 2.22. The van der Waals surface area contributed by atoms with Crippen molar-refractivity contribution in [3.8, 4) is 0 Å². The number of hydrogen-bond acceptors (Lipinski definition) is 4. The lowest BCUT2D eigenvalue weighted by molar-refractivity contribution is -0.383. The molecule has 0 bridgehead atoms. The lowest BCUT2D eigenvalue weighted by atomic mass is 9.98. The molecule has 21 heavy (non-hydrogen) atoms. The zero-order valence-corrected chi connectivity index (χ0v) is 12.2. The molecule has 114 valence electrons. The Bertz CT molecular complexity index is 545. The van der Waals surface area contributed by atoms with E-state index in [9.17, 15) is 14.9 Å². The molecule has 6 heteroatoms. The van der Waals surface area contributed by atoms with Gasteiger partial charge in [0.25, 0.3) is 5.69 Å².